The van der Waals surface area contributed by atoms with E-state index in [4.69, 9.17) is 9.73 Å². The fourth-order valence-corrected chi connectivity index (χ4v) is 4.33. The minimum Gasteiger partial charge on any atom is -0.462 e. The standard InChI is InChI=1S/C23H31N5O2S.HI/c1-6-24-23(25-11-10-17-13-26-19-12-14(3)8-9-18(17)19)28-16(5)21-27-15(4)20(31-21)22(29)30-7-2;/h8-9,12-13,16,26H,6-7,10-11H2,1-5H3,(H2,24,25,28);1H. The molecule has 3 aromatic rings. The van der Waals surface area contributed by atoms with E-state index in [1.54, 1.807) is 6.92 Å². The van der Waals surface area contributed by atoms with Gasteiger partial charge in [-0.05, 0) is 58.2 Å². The number of carbonyl (C=O) groups excluding carboxylic acids is 1. The van der Waals surface area contributed by atoms with Gasteiger partial charge in [0.05, 0.1) is 18.3 Å². The number of carbonyl (C=O) groups is 1. The number of rotatable bonds is 8. The number of guanidine groups is 1. The number of thiazole rings is 1. The van der Waals surface area contributed by atoms with Gasteiger partial charge in [0.2, 0.25) is 0 Å². The molecule has 0 amide bonds. The van der Waals surface area contributed by atoms with Crippen LogP contribution < -0.4 is 10.6 Å². The number of aromatic nitrogens is 2. The monoisotopic (exact) mass is 569 g/mol. The van der Waals surface area contributed by atoms with Gasteiger partial charge in [-0.3, -0.25) is 4.99 Å². The lowest BCUT2D eigenvalue weighted by atomic mass is 10.1. The van der Waals surface area contributed by atoms with E-state index in [1.807, 2.05) is 20.8 Å². The lowest BCUT2D eigenvalue weighted by Gasteiger charge is -2.16. The second-order valence-electron chi connectivity index (χ2n) is 7.43. The van der Waals surface area contributed by atoms with Crippen molar-refractivity contribution in [2.75, 3.05) is 19.7 Å². The van der Waals surface area contributed by atoms with Crippen molar-refractivity contribution in [3.63, 3.8) is 0 Å². The van der Waals surface area contributed by atoms with Crippen LogP contribution in [0.3, 0.4) is 0 Å². The number of aromatic amines is 1. The number of esters is 1. The molecule has 0 aliphatic rings. The van der Waals surface area contributed by atoms with E-state index in [0.29, 0.717) is 23.7 Å². The number of halogens is 1. The van der Waals surface area contributed by atoms with E-state index < -0.39 is 0 Å². The number of H-pyrrole nitrogens is 1. The maximum atomic E-state index is 12.1. The van der Waals surface area contributed by atoms with Crippen LogP contribution in [0.25, 0.3) is 10.9 Å². The van der Waals surface area contributed by atoms with Gasteiger partial charge < -0.3 is 20.4 Å². The predicted octanol–water partition coefficient (Wildman–Crippen LogP) is 4.89. The molecule has 2 aromatic heterocycles. The third-order valence-corrected chi connectivity index (χ3v) is 6.24. The summed E-state index contributed by atoms with van der Waals surface area (Å²) in [5.41, 5.74) is 4.37. The second-order valence-corrected chi connectivity index (χ2v) is 8.46. The number of hydrogen-bond donors (Lipinski definition) is 3. The molecular weight excluding hydrogens is 537 g/mol. The van der Waals surface area contributed by atoms with E-state index in [-0.39, 0.29) is 36.0 Å². The Morgan fingerprint density at radius 3 is 2.81 bits per heavy atom. The average molecular weight is 570 g/mol. The number of hydrogen-bond acceptors (Lipinski definition) is 5. The summed E-state index contributed by atoms with van der Waals surface area (Å²) in [7, 11) is 0. The largest absolute Gasteiger partial charge is 0.462 e. The first-order valence-corrected chi connectivity index (χ1v) is 11.5. The number of fused-ring (bicyclic) bond motifs is 1. The maximum Gasteiger partial charge on any atom is 0.350 e. The van der Waals surface area contributed by atoms with Gasteiger partial charge in [-0.1, -0.05) is 12.1 Å². The van der Waals surface area contributed by atoms with Gasteiger partial charge in [-0.25, -0.2) is 9.78 Å². The molecule has 1 unspecified atom stereocenters. The lowest BCUT2D eigenvalue weighted by molar-refractivity contribution is 0.0531. The van der Waals surface area contributed by atoms with Gasteiger partial charge >= 0.3 is 5.97 Å². The number of benzene rings is 1. The Labute approximate surface area is 210 Å². The van der Waals surface area contributed by atoms with Crippen molar-refractivity contribution in [2.24, 2.45) is 4.99 Å². The molecule has 0 saturated heterocycles. The highest BCUT2D eigenvalue weighted by molar-refractivity contribution is 14.0. The van der Waals surface area contributed by atoms with Crippen LogP contribution in [0.4, 0.5) is 0 Å². The highest BCUT2D eigenvalue weighted by Crippen LogP contribution is 2.24. The molecular formula is C23H32IN5O2S. The molecule has 7 nitrogen and oxygen atoms in total. The Morgan fingerprint density at radius 1 is 1.31 bits per heavy atom. The number of nitrogens with zero attached hydrogens (tertiary/aromatic N) is 2. The van der Waals surface area contributed by atoms with Crippen molar-refractivity contribution in [1.82, 2.24) is 20.6 Å². The van der Waals surface area contributed by atoms with Gasteiger partial charge in [0, 0.05) is 30.2 Å². The number of aliphatic imine (C=N–C) groups is 1. The van der Waals surface area contributed by atoms with Crippen LogP contribution in [0, 0.1) is 13.8 Å². The van der Waals surface area contributed by atoms with Gasteiger partial charge in [-0.15, -0.1) is 35.3 Å². The van der Waals surface area contributed by atoms with Crippen LogP contribution >= 0.6 is 35.3 Å². The van der Waals surface area contributed by atoms with Crippen LogP contribution in [0.15, 0.2) is 29.4 Å². The summed E-state index contributed by atoms with van der Waals surface area (Å²) in [6, 6.07) is 6.38. The molecule has 0 bridgehead atoms. The molecule has 0 radical (unpaired) electrons. The first-order valence-electron chi connectivity index (χ1n) is 10.7. The van der Waals surface area contributed by atoms with Crippen LogP contribution in [0.1, 0.15) is 58.3 Å². The summed E-state index contributed by atoms with van der Waals surface area (Å²) in [4.78, 5) is 25.3. The van der Waals surface area contributed by atoms with E-state index >= 15 is 0 Å². The molecule has 3 N–H and O–H groups in total. The summed E-state index contributed by atoms with van der Waals surface area (Å²) >= 11 is 1.37. The van der Waals surface area contributed by atoms with Crippen LogP contribution in [0.5, 0.6) is 0 Å². The topological polar surface area (TPSA) is 91.4 Å². The molecule has 174 valence electrons. The normalized spacial score (nSPS) is 12.3. The maximum absolute atomic E-state index is 12.1. The minimum atomic E-state index is -0.314. The average Bonchev–Trinajstić information content (AvgIpc) is 3.31. The van der Waals surface area contributed by atoms with Crippen LogP contribution in [-0.4, -0.2) is 41.6 Å². The molecule has 2 heterocycles. The number of aryl methyl sites for hydroxylation is 2. The zero-order chi connectivity index (χ0) is 22.4. The summed E-state index contributed by atoms with van der Waals surface area (Å²) in [6.45, 7) is 11.6. The Kier molecular flexibility index (Phi) is 9.95. The quantitative estimate of drug-likeness (QED) is 0.156. The predicted molar refractivity (Wildman–Crippen MR) is 142 cm³/mol. The molecule has 1 aromatic carbocycles. The third kappa shape index (κ3) is 6.44. The highest BCUT2D eigenvalue weighted by atomic mass is 127. The van der Waals surface area contributed by atoms with Gasteiger partial charge in [0.1, 0.15) is 9.88 Å². The summed E-state index contributed by atoms with van der Waals surface area (Å²) in [5.74, 6) is 0.418. The zero-order valence-corrected chi connectivity index (χ0v) is 22.4. The summed E-state index contributed by atoms with van der Waals surface area (Å²) < 4.78 is 5.12. The fourth-order valence-electron chi connectivity index (χ4n) is 3.37. The second kappa shape index (κ2) is 12.2. The van der Waals surface area contributed by atoms with Crippen LogP contribution in [0.2, 0.25) is 0 Å². The minimum absolute atomic E-state index is 0. The van der Waals surface area contributed by atoms with Gasteiger partial charge in [0.25, 0.3) is 0 Å². The molecule has 0 aliphatic heterocycles. The smallest absolute Gasteiger partial charge is 0.350 e. The fraction of sp³-hybridized carbons (Fsp3) is 0.435. The van der Waals surface area contributed by atoms with E-state index in [1.165, 1.54) is 27.8 Å². The number of ether oxygens (including phenoxy) is 1. The Hall–Kier alpha value is -2.14. The molecule has 0 saturated carbocycles. The van der Waals surface area contributed by atoms with Crippen LogP contribution in [-0.2, 0) is 11.2 Å². The first kappa shape index (κ1) is 26.1. The highest BCUT2D eigenvalue weighted by Gasteiger charge is 2.20. The molecule has 0 fully saturated rings. The third-order valence-electron chi connectivity index (χ3n) is 4.92. The Morgan fingerprint density at radius 2 is 2.09 bits per heavy atom. The number of nitrogens with one attached hydrogen (secondary N) is 3. The SMILES string of the molecule is CCNC(=NCCc1c[nH]c2cc(C)ccc12)NC(C)c1nc(C)c(C(=O)OCC)s1.I. The van der Waals surface area contributed by atoms with Gasteiger partial charge in [0.15, 0.2) is 5.96 Å². The van der Waals surface area contributed by atoms with Crippen molar-refractivity contribution in [3.05, 3.63) is 51.1 Å². The van der Waals surface area contributed by atoms with Crippen molar-refractivity contribution in [2.45, 2.75) is 47.1 Å². The zero-order valence-electron chi connectivity index (χ0n) is 19.2. The summed E-state index contributed by atoms with van der Waals surface area (Å²) in [5, 5.41) is 8.76. The molecule has 9 heteroatoms. The molecule has 1 atom stereocenters. The molecule has 0 spiro atoms. The molecule has 0 aliphatic carbocycles. The lowest BCUT2D eigenvalue weighted by Crippen LogP contribution is -2.38. The van der Waals surface area contributed by atoms with Gasteiger partial charge in [-0.2, -0.15) is 0 Å². The van der Waals surface area contributed by atoms with E-state index in [0.717, 1.165) is 29.4 Å². The van der Waals surface area contributed by atoms with Crippen molar-refractivity contribution < 1.29 is 9.53 Å². The first-order chi connectivity index (χ1) is 14.9. The Balaban J connectivity index is 0.00000363. The van der Waals surface area contributed by atoms with Crippen molar-refractivity contribution in [3.8, 4) is 0 Å². The van der Waals surface area contributed by atoms with Crippen molar-refractivity contribution >= 4 is 58.1 Å². The summed E-state index contributed by atoms with van der Waals surface area (Å²) in [6.07, 6.45) is 2.91. The molecule has 32 heavy (non-hydrogen) atoms. The van der Waals surface area contributed by atoms with E-state index in [9.17, 15) is 4.79 Å². The van der Waals surface area contributed by atoms with Crippen molar-refractivity contribution in [1.29, 1.82) is 0 Å². The molecule has 3 rings (SSSR count). The van der Waals surface area contributed by atoms with E-state index in [2.05, 4.69) is 51.9 Å². The Bertz CT molecular complexity index is 1080.